The minimum atomic E-state index is -0.117. The molecule has 7 heteroatoms. The molecule has 1 amide bonds. The summed E-state index contributed by atoms with van der Waals surface area (Å²) < 4.78 is 3.18. The number of nitrogens with zero attached hydrogens (tertiary/aromatic N) is 4. The van der Waals surface area contributed by atoms with E-state index in [1.807, 2.05) is 13.2 Å². The van der Waals surface area contributed by atoms with Gasteiger partial charge in [0.05, 0.1) is 17.4 Å². The van der Waals surface area contributed by atoms with E-state index in [1.165, 1.54) is 10.9 Å². The Kier molecular flexibility index (Phi) is 3.43. The quantitative estimate of drug-likeness (QED) is 0.867. The maximum absolute atomic E-state index is 11.6. The van der Waals surface area contributed by atoms with Gasteiger partial charge in [0, 0.05) is 31.5 Å². The fourth-order valence-corrected chi connectivity index (χ4v) is 1.55. The smallest absolute Gasteiger partial charge is 0.242 e. The molecule has 0 aromatic carbocycles. The Bertz CT molecular complexity index is 518. The summed E-state index contributed by atoms with van der Waals surface area (Å²) in [6, 6.07) is 0. The lowest BCUT2D eigenvalue weighted by Gasteiger charge is -2.03. The summed E-state index contributed by atoms with van der Waals surface area (Å²) in [5.41, 5.74) is 0.958. The highest BCUT2D eigenvalue weighted by Crippen LogP contribution is 2.04. The molecule has 2 rings (SSSR count). The van der Waals surface area contributed by atoms with Gasteiger partial charge >= 0.3 is 0 Å². The van der Waals surface area contributed by atoms with Crippen LogP contribution in [-0.2, 0) is 24.9 Å². The standard InChI is InChI=1S/C10H12ClN5O/c1-15-5-8(3-13-15)2-12-10(17)7-16-6-9(11)4-14-16/h3-6H,2,7H2,1H3,(H,12,17). The van der Waals surface area contributed by atoms with Crippen LogP contribution in [0.3, 0.4) is 0 Å². The van der Waals surface area contributed by atoms with Crippen LogP contribution in [0.1, 0.15) is 5.56 Å². The van der Waals surface area contributed by atoms with E-state index in [0.29, 0.717) is 11.6 Å². The third kappa shape index (κ3) is 3.32. The number of aromatic nitrogens is 4. The van der Waals surface area contributed by atoms with Crippen molar-refractivity contribution in [1.29, 1.82) is 0 Å². The van der Waals surface area contributed by atoms with E-state index in [1.54, 1.807) is 17.1 Å². The predicted molar refractivity (Wildman–Crippen MR) is 62.3 cm³/mol. The molecule has 0 unspecified atom stereocenters. The molecule has 1 N–H and O–H groups in total. The molecule has 0 fully saturated rings. The minimum Gasteiger partial charge on any atom is -0.350 e. The van der Waals surface area contributed by atoms with Crippen molar-refractivity contribution in [2.24, 2.45) is 7.05 Å². The second kappa shape index (κ2) is 5.01. The largest absolute Gasteiger partial charge is 0.350 e. The Labute approximate surface area is 103 Å². The van der Waals surface area contributed by atoms with Crippen LogP contribution in [0.4, 0.5) is 0 Å². The zero-order valence-electron chi connectivity index (χ0n) is 9.30. The summed E-state index contributed by atoms with van der Waals surface area (Å²) in [6.45, 7) is 0.620. The number of rotatable bonds is 4. The fraction of sp³-hybridized carbons (Fsp3) is 0.300. The molecule has 0 bridgehead atoms. The molecule has 2 aromatic heterocycles. The Morgan fingerprint density at radius 3 is 2.82 bits per heavy atom. The van der Waals surface area contributed by atoms with Crippen LogP contribution in [0.2, 0.25) is 5.02 Å². The SMILES string of the molecule is Cn1cc(CNC(=O)Cn2cc(Cl)cn2)cn1. The number of halogens is 1. The topological polar surface area (TPSA) is 64.7 Å². The van der Waals surface area contributed by atoms with Gasteiger partial charge in [-0.15, -0.1) is 0 Å². The lowest BCUT2D eigenvalue weighted by molar-refractivity contribution is -0.122. The Morgan fingerprint density at radius 2 is 2.24 bits per heavy atom. The first-order valence-corrected chi connectivity index (χ1v) is 5.43. The lowest BCUT2D eigenvalue weighted by atomic mass is 10.3. The van der Waals surface area contributed by atoms with Gasteiger partial charge in [0.25, 0.3) is 0 Å². The third-order valence-corrected chi connectivity index (χ3v) is 2.35. The molecule has 0 atom stereocenters. The maximum Gasteiger partial charge on any atom is 0.242 e. The zero-order valence-corrected chi connectivity index (χ0v) is 10.1. The molecule has 0 radical (unpaired) electrons. The van der Waals surface area contributed by atoms with Gasteiger partial charge in [-0.25, -0.2) is 0 Å². The van der Waals surface area contributed by atoms with E-state index in [2.05, 4.69) is 15.5 Å². The second-order valence-electron chi connectivity index (χ2n) is 3.66. The second-order valence-corrected chi connectivity index (χ2v) is 4.09. The van der Waals surface area contributed by atoms with Crippen molar-refractivity contribution in [1.82, 2.24) is 24.9 Å². The van der Waals surface area contributed by atoms with Crippen molar-refractivity contribution in [2.75, 3.05) is 0 Å². The highest BCUT2D eigenvalue weighted by Gasteiger charge is 2.04. The first-order valence-electron chi connectivity index (χ1n) is 5.05. The van der Waals surface area contributed by atoms with E-state index in [9.17, 15) is 4.79 Å². The van der Waals surface area contributed by atoms with Gasteiger partial charge in [-0.3, -0.25) is 14.2 Å². The van der Waals surface area contributed by atoms with Gasteiger partial charge in [0.15, 0.2) is 0 Å². The van der Waals surface area contributed by atoms with Crippen molar-refractivity contribution in [3.05, 3.63) is 35.4 Å². The predicted octanol–water partition coefficient (Wildman–Crippen LogP) is 0.586. The molecule has 17 heavy (non-hydrogen) atoms. The molecule has 0 spiro atoms. The summed E-state index contributed by atoms with van der Waals surface area (Å²) in [6.07, 6.45) is 6.66. The number of aryl methyl sites for hydroxylation is 1. The highest BCUT2D eigenvalue weighted by atomic mass is 35.5. The van der Waals surface area contributed by atoms with Crippen LogP contribution in [0.15, 0.2) is 24.8 Å². The van der Waals surface area contributed by atoms with E-state index < -0.39 is 0 Å². The third-order valence-electron chi connectivity index (χ3n) is 2.16. The van der Waals surface area contributed by atoms with Gasteiger partial charge in [-0.2, -0.15) is 10.2 Å². The Hall–Kier alpha value is -1.82. The Balaban J connectivity index is 1.82. The fourth-order valence-electron chi connectivity index (χ4n) is 1.39. The van der Waals surface area contributed by atoms with Crippen LogP contribution in [0.5, 0.6) is 0 Å². The molecule has 0 aliphatic rings. The van der Waals surface area contributed by atoms with Crippen LogP contribution >= 0.6 is 11.6 Å². The normalized spacial score (nSPS) is 10.5. The van der Waals surface area contributed by atoms with Crippen LogP contribution in [-0.4, -0.2) is 25.5 Å². The number of nitrogens with one attached hydrogen (secondary N) is 1. The summed E-state index contributed by atoms with van der Waals surface area (Å²) in [5, 5.41) is 11.2. The number of carbonyl (C=O) groups excluding carboxylic acids is 1. The van der Waals surface area contributed by atoms with Crippen molar-refractivity contribution < 1.29 is 4.79 Å². The summed E-state index contributed by atoms with van der Waals surface area (Å²) in [7, 11) is 1.83. The van der Waals surface area contributed by atoms with Crippen LogP contribution in [0.25, 0.3) is 0 Å². The molecule has 0 saturated heterocycles. The number of hydrogen-bond donors (Lipinski definition) is 1. The first-order chi connectivity index (χ1) is 8.13. The van der Waals surface area contributed by atoms with Gasteiger partial charge < -0.3 is 5.32 Å². The molecule has 2 aromatic rings. The zero-order chi connectivity index (χ0) is 12.3. The van der Waals surface area contributed by atoms with Crippen molar-refractivity contribution in [3.8, 4) is 0 Å². The van der Waals surface area contributed by atoms with Gasteiger partial charge in [-0.1, -0.05) is 11.6 Å². The van der Waals surface area contributed by atoms with E-state index in [-0.39, 0.29) is 12.5 Å². The average Bonchev–Trinajstić information content (AvgIpc) is 2.85. The molecular formula is C10H12ClN5O. The molecular weight excluding hydrogens is 242 g/mol. The average molecular weight is 254 g/mol. The molecule has 2 heterocycles. The summed E-state index contributed by atoms with van der Waals surface area (Å²) >= 11 is 5.69. The number of amides is 1. The van der Waals surface area contributed by atoms with E-state index in [4.69, 9.17) is 11.6 Å². The van der Waals surface area contributed by atoms with E-state index in [0.717, 1.165) is 5.56 Å². The van der Waals surface area contributed by atoms with Crippen molar-refractivity contribution in [3.63, 3.8) is 0 Å². The number of hydrogen-bond acceptors (Lipinski definition) is 3. The molecule has 90 valence electrons. The van der Waals surface area contributed by atoms with Gasteiger partial charge in [0.1, 0.15) is 6.54 Å². The van der Waals surface area contributed by atoms with E-state index >= 15 is 0 Å². The van der Waals surface area contributed by atoms with Gasteiger partial charge in [-0.05, 0) is 0 Å². The van der Waals surface area contributed by atoms with Crippen molar-refractivity contribution >= 4 is 17.5 Å². The number of carbonyl (C=O) groups is 1. The molecule has 6 nitrogen and oxygen atoms in total. The molecule has 0 aliphatic heterocycles. The maximum atomic E-state index is 11.6. The lowest BCUT2D eigenvalue weighted by Crippen LogP contribution is -2.27. The Morgan fingerprint density at radius 1 is 1.41 bits per heavy atom. The van der Waals surface area contributed by atoms with Crippen molar-refractivity contribution in [2.45, 2.75) is 13.1 Å². The van der Waals surface area contributed by atoms with Crippen LogP contribution in [0, 0.1) is 0 Å². The first kappa shape index (κ1) is 11.7. The van der Waals surface area contributed by atoms with Crippen LogP contribution < -0.4 is 5.32 Å². The summed E-state index contributed by atoms with van der Waals surface area (Å²) in [5.74, 6) is -0.117. The molecule has 0 saturated carbocycles. The van der Waals surface area contributed by atoms with Gasteiger partial charge in [0.2, 0.25) is 5.91 Å². The highest BCUT2D eigenvalue weighted by molar-refractivity contribution is 6.30. The minimum absolute atomic E-state index is 0.117. The summed E-state index contributed by atoms with van der Waals surface area (Å²) in [4.78, 5) is 11.6. The monoisotopic (exact) mass is 253 g/mol. The molecule has 0 aliphatic carbocycles.